The first-order chi connectivity index (χ1) is 8.25. The van der Waals surface area contributed by atoms with E-state index in [1.165, 1.54) is 11.1 Å². The van der Waals surface area contributed by atoms with Crippen LogP contribution in [0.25, 0.3) is 0 Å². The van der Waals surface area contributed by atoms with Crippen molar-refractivity contribution in [2.75, 3.05) is 25.4 Å². The number of thiol groups is 1. The minimum Gasteiger partial charge on any atom is -0.493 e. The van der Waals surface area contributed by atoms with E-state index in [9.17, 15) is 0 Å². The van der Waals surface area contributed by atoms with Crippen LogP contribution in [0.15, 0.2) is 18.2 Å². The average molecular weight is 253 g/mol. The molecule has 0 aliphatic heterocycles. The van der Waals surface area contributed by atoms with Crippen LogP contribution in [0, 0.1) is 13.8 Å². The maximum Gasteiger partial charge on any atom is 0.125 e. The summed E-state index contributed by atoms with van der Waals surface area (Å²) in [6.45, 7) is 7.03. The second kappa shape index (κ2) is 8.43. The van der Waals surface area contributed by atoms with Crippen LogP contribution < -0.4 is 10.1 Å². The Bertz CT molecular complexity index is 308. The lowest BCUT2D eigenvalue weighted by Gasteiger charge is -2.11. The van der Waals surface area contributed by atoms with Gasteiger partial charge in [-0.3, -0.25) is 0 Å². The molecule has 1 aromatic carbocycles. The second-order valence-electron chi connectivity index (χ2n) is 4.25. The fourth-order valence-corrected chi connectivity index (χ4v) is 1.92. The summed E-state index contributed by atoms with van der Waals surface area (Å²) in [5.41, 5.74) is 2.44. The molecule has 0 bridgehead atoms. The Kier molecular flexibility index (Phi) is 7.13. The normalized spacial score (nSPS) is 10.5. The van der Waals surface area contributed by atoms with Crippen molar-refractivity contribution in [3.05, 3.63) is 29.3 Å². The molecule has 0 aliphatic rings. The highest BCUT2D eigenvalue weighted by Crippen LogP contribution is 2.22. The molecule has 0 fully saturated rings. The summed E-state index contributed by atoms with van der Waals surface area (Å²) in [6.07, 6.45) is 2.24. The zero-order valence-corrected chi connectivity index (χ0v) is 11.7. The average Bonchev–Trinajstić information content (AvgIpc) is 2.31. The molecule has 0 spiro atoms. The lowest BCUT2D eigenvalue weighted by Crippen LogP contribution is -2.18. The molecule has 0 saturated carbocycles. The first-order valence-electron chi connectivity index (χ1n) is 6.26. The molecule has 0 amide bonds. The van der Waals surface area contributed by atoms with E-state index >= 15 is 0 Å². The van der Waals surface area contributed by atoms with E-state index in [0.29, 0.717) is 0 Å². The molecule has 96 valence electrons. The summed E-state index contributed by atoms with van der Waals surface area (Å²) in [6, 6.07) is 6.26. The van der Waals surface area contributed by atoms with Gasteiger partial charge in [-0.2, -0.15) is 12.6 Å². The van der Waals surface area contributed by atoms with Crippen molar-refractivity contribution in [1.82, 2.24) is 5.32 Å². The molecule has 2 nitrogen and oxygen atoms in total. The van der Waals surface area contributed by atoms with Gasteiger partial charge in [-0.25, -0.2) is 0 Å². The van der Waals surface area contributed by atoms with Gasteiger partial charge in [0.1, 0.15) is 5.75 Å². The molecule has 3 heteroatoms. The Morgan fingerprint density at radius 3 is 2.47 bits per heavy atom. The summed E-state index contributed by atoms with van der Waals surface area (Å²) in [7, 11) is 0. The number of aryl methyl sites for hydroxylation is 2. The fraction of sp³-hybridized carbons (Fsp3) is 0.571. The third kappa shape index (κ3) is 5.46. The molecule has 1 aromatic rings. The Balaban J connectivity index is 2.18. The summed E-state index contributed by atoms with van der Waals surface area (Å²) in [5, 5.41) is 3.32. The molecular weight excluding hydrogens is 230 g/mol. The summed E-state index contributed by atoms with van der Waals surface area (Å²) < 4.78 is 5.83. The van der Waals surface area contributed by atoms with Crippen LogP contribution in [0.4, 0.5) is 0 Å². The van der Waals surface area contributed by atoms with Gasteiger partial charge in [0.2, 0.25) is 0 Å². The lowest BCUT2D eigenvalue weighted by atomic mass is 10.1. The van der Waals surface area contributed by atoms with E-state index in [1.54, 1.807) is 0 Å². The lowest BCUT2D eigenvalue weighted by molar-refractivity contribution is 0.302. The Hall–Kier alpha value is -0.670. The number of rotatable bonds is 8. The largest absolute Gasteiger partial charge is 0.493 e. The van der Waals surface area contributed by atoms with Crippen LogP contribution in [0.5, 0.6) is 5.75 Å². The molecule has 0 aliphatic carbocycles. The highest BCUT2D eigenvalue weighted by Gasteiger charge is 2.02. The molecule has 0 atom stereocenters. The fourth-order valence-electron chi connectivity index (χ4n) is 1.76. The van der Waals surface area contributed by atoms with Gasteiger partial charge in [0, 0.05) is 12.3 Å². The zero-order chi connectivity index (χ0) is 12.5. The van der Waals surface area contributed by atoms with Gasteiger partial charge >= 0.3 is 0 Å². The van der Waals surface area contributed by atoms with Crippen LogP contribution in [0.1, 0.15) is 24.0 Å². The maximum atomic E-state index is 5.83. The van der Waals surface area contributed by atoms with Crippen molar-refractivity contribution in [2.24, 2.45) is 0 Å². The summed E-state index contributed by atoms with van der Waals surface area (Å²) in [4.78, 5) is 0. The number of hydrogen-bond acceptors (Lipinski definition) is 3. The molecule has 1 rings (SSSR count). The molecule has 0 saturated heterocycles. The van der Waals surface area contributed by atoms with Crippen molar-refractivity contribution in [3.63, 3.8) is 0 Å². The van der Waals surface area contributed by atoms with Gasteiger partial charge in [-0.15, -0.1) is 0 Å². The van der Waals surface area contributed by atoms with Gasteiger partial charge in [-0.05, 0) is 44.4 Å². The third-order valence-corrected chi connectivity index (χ3v) is 2.92. The molecule has 0 aromatic heterocycles. The highest BCUT2D eigenvalue weighted by atomic mass is 32.1. The highest BCUT2D eigenvalue weighted by molar-refractivity contribution is 7.80. The smallest absolute Gasteiger partial charge is 0.125 e. The minimum atomic E-state index is 0.800. The second-order valence-corrected chi connectivity index (χ2v) is 4.70. The van der Waals surface area contributed by atoms with Crippen LogP contribution in [-0.2, 0) is 0 Å². The standard InChI is InChI=1S/C14H23NOS/c1-12-6-5-7-13(2)14(12)16-10-4-3-8-15-9-11-17/h5-7,15,17H,3-4,8-11H2,1-2H3. The van der Waals surface area contributed by atoms with Crippen molar-refractivity contribution in [3.8, 4) is 5.75 Å². The predicted molar refractivity (Wildman–Crippen MR) is 77.4 cm³/mol. The van der Waals surface area contributed by atoms with Gasteiger partial charge in [-0.1, -0.05) is 18.2 Å². The number of unbranched alkanes of at least 4 members (excludes halogenated alkanes) is 1. The quantitative estimate of drug-likeness (QED) is 0.549. The first kappa shape index (κ1) is 14.4. The summed E-state index contributed by atoms with van der Waals surface area (Å²) >= 11 is 4.15. The SMILES string of the molecule is Cc1cccc(C)c1OCCCCNCCS. The molecular formula is C14H23NOS. The molecule has 0 unspecified atom stereocenters. The van der Waals surface area contributed by atoms with Crippen molar-refractivity contribution >= 4 is 12.6 Å². The Morgan fingerprint density at radius 2 is 1.82 bits per heavy atom. The third-order valence-electron chi connectivity index (χ3n) is 2.69. The maximum absolute atomic E-state index is 5.83. The zero-order valence-electron chi connectivity index (χ0n) is 10.8. The Morgan fingerprint density at radius 1 is 1.12 bits per heavy atom. The predicted octanol–water partition coefficient (Wildman–Crippen LogP) is 2.98. The van der Waals surface area contributed by atoms with E-state index in [4.69, 9.17) is 4.74 Å². The van der Waals surface area contributed by atoms with Gasteiger partial charge < -0.3 is 10.1 Å². The minimum absolute atomic E-state index is 0.800. The monoisotopic (exact) mass is 253 g/mol. The van der Waals surface area contributed by atoms with Crippen molar-refractivity contribution < 1.29 is 4.74 Å². The topological polar surface area (TPSA) is 21.3 Å². The van der Waals surface area contributed by atoms with Crippen molar-refractivity contribution in [2.45, 2.75) is 26.7 Å². The van der Waals surface area contributed by atoms with E-state index < -0.39 is 0 Å². The van der Waals surface area contributed by atoms with Crippen LogP contribution in [0.2, 0.25) is 0 Å². The number of ether oxygens (including phenoxy) is 1. The van der Waals surface area contributed by atoms with E-state index in [0.717, 1.165) is 44.0 Å². The van der Waals surface area contributed by atoms with Gasteiger partial charge in [0.15, 0.2) is 0 Å². The molecule has 1 N–H and O–H groups in total. The first-order valence-corrected chi connectivity index (χ1v) is 6.89. The Labute approximate surface area is 110 Å². The van der Waals surface area contributed by atoms with Gasteiger partial charge in [0.05, 0.1) is 6.61 Å². The van der Waals surface area contributed by atoms with Crippen LogP contribution >= 0.6 is 12.6 Å². The number of benzene rings is 1. The summed E-state index contributed by atoms with van der Waals surface area (Å²) in [5.74, 6) is 1.95. The van der Waals surface area contributed by atoms with E-state index in [-0.39, 0.29) is 0 Å². The number of nitrogens with one attached hydrogen (secondary N) is 1. The molecule has 17 heavy (non-hydrogen) atoms. The van der Waals surface area contributed by atoms with E-state index in [1.807, 2.05) is 0 Å². The van der Waals surface area contributed by atoms with Crippen molar-refractivity contribution in [1.29, 1.82) is 0 Å². The van der Waals surface area contributed by atoms with Crippen LogP contribution in [-0.4, -0.2) is 25.4 Å². The van der Waals surface area contributed by atoms with E-state index in [2.05, 4.69) is 50.0 Å². The molecule has 0 heterocycles. The number of hydrogen-bond donors (Lipinski definition) is 2. The van der Waals surface area contributed by atoms with Crippen LogP contribution in [0.3, 0.4) is 0 Å². The number of para-hydroxylation sites is 1. The van der Waals surface area contributed by atoms with Gasteiger partial charge in [0.25, 0.3) is 0 Å². The molecule has 0 radical (unpaired) electrons.